The maximum absolute atomic E-state index is 11.1. The molecule has 1 unspecified atom stereocenters. The van der Waals surface area contributed by atoms with Crippen LogP contribution in [0.2, 0.25) is 0 Å². The average molecular weight is 277 g/mol. The molecule has 1 heterocycles. The van der Waals surface area contributed by atoms with E-state index in [1.54, 1.807) is 12.1 Å². The van der Waals surface area contributed by atoms with Crippen LogP contribution in [0, 0.1) is 0 Å². The summed E-state index contributed by atoms with van der Waals surface area (Å²) in [6.07, 6.45) is 0. The van der Waals surface area contributed by atoms with Gasteiger partial charge >= 0.3 is 5.97 Å². The Hall–Kier alpha value is -1.43. The van der Waals surface area contributed by atoms with Crippen LogP contribution >= 0.6 is 0 Å². The Kier molecular flexibility index (Phi) is 5.11. The summed E-state index contributed by atoms with van der Waals surface area (Å²) in [5.74, 6) is -0.864. The minimum atomic E-state index is -0.864. The van der Waals surface area contributed by atoms with Crippen molar-refractivity contribution in [2.75, 3.05) is 40.3 Å². The summed E-state index contributed by atoms with van der Waals surface area (Å²) in [6, 6.07) is 7.64. The van der Waals surface area contributed by atoms with Crippen molar-refractivity contribution < 1.29 is 9.90 Å². The standard InChI is InChI=1S/C15H23N3O2/c1-17-7-8-18(2)13(11-17)10-16-9-12-5-3-4-6-14(12)15(19)20/h3-6,13,16H,7-11H2,1-2H3,(H,19,20). The monoisotopic (exact) mass is 277 g/mol. The van der Waals surface area contributed by atoms with E-state index in [4.69, 9.17) is 5.11 Å². The topological polar surface area (TPSA) is 55.8 Å². The number of carboxylic acid groups (broad SMARTS) is 1. The molecule has 2 N–H and O–H groups in total. The molecule has 0 radical (unpaired) electrons. The maximum Gasteiger partial charge on any atom is 0.336 e. The van der Waals surface area contributed by atoms with Crippen molar-refractivity contribution in [2.24, 2.45) is 0 Å². The highest BCUT2D eigenvalue weighted by Gasteiger charge is 2.21. The first-order valence-corrected chi connectivity index (χ1v) is 6.98. The fourth-order valence-corrected chi connectivity index (χ4v) is 2.58. The highest BCUT2D eigenvalue weighted by molar-refractivity contribution is 5.89. The van der Waals surface area contributed by atoms with E-state index in [-0.39, 0.29) is 0 Å². The molecule has 20 heavy (non-hydrogen) atoms. The Morgan fingerprint density at radius 2 is 2.10 bits per heavy atom. The normalized spacial score (nSPS) is 21.0. The number of aromatic carboxylic acids is 1. The van der Waals surface area contributed by atoms with E-state index >= 15 is 0 Å². The first kappa shape index (κ1) is 15.0. The van der Waals surface area contributed by atoms with Gasteiger partial charge in [-0.2, -0.15) is 0 Å². The van der Waals surface area contributed by atoms with Gasteiger partial charge in [0.2, 0.25) is 0 Å². The molecule has 0 bridgehead atoms. The van der Waals surface area contributed by atoms with E-state index in [9.17, 15) is 4.79 Å². The number of benzene rings is 1. The third kappa shape index (κ3) is 3.79. The third-order valence-electron chi connectivity index (χ3n) is 3.92. The summed E-state index contributed by atoms with van der Waals surface area (Å²) < 4.78 is 0. The molecule has 0 aliphatic carbocycles. The van der Waals surface area contributed by atoms with Crippen LogP contribution in [0.5, 0.6) is 0 Å². The Balaban J connectivity index is 1.88. The predicted octanol–water partition coefficient (Wildman–Crippen LogP) is 0.720. The van der Waals surface area contributed by atoms with Gasteiger partial charge in [0.05, 0.1) is 5.56 Å². The highest BCUT2D eigenvalue weighted by atomic mass is 16.4. The highest BCUT2D eigenvalue weighted by Crippen LogP contribution is 2.09. The van der Waals surface area contributed by atoms with Crippen LogP contribution in [0.25, 0.3) is 0 Å². The quantitative estimate of drug-likeness (QED) is 0.830. The molecule has 2 rings (SSSR count). The lowest BCUT2D eigenvalue weighted by Crippen LogP contribution is -2.53. The second-order valence-electron chi connectivity index (χ2n) is 5.49. The molecule has 1 aliphatic rings. The van der Waals surface area contributed by atoms with Crippen LogP contribution in [-0.4, -0.2) is 67.2 Å². The van der Waals surface area contributed by atoms with Crippen molar-refractivity contribution in [1.82, 2.24) is 15.1 Å². The van der Waals surface area contributed by atoms with Crippen molar-refractivity contribution in [2.45, 2.75) is 12.6 Å². The fraction of sp³-hybridized carbons (Fsp3) is 0.533. The number of hydrogen-bond acceptors (Lipinski definition) is 4. The van der Waals surface area contributed by atoms with Gasteiger partial charge in [0.1, 0.15) is 0 Å². The van der Waals surface area contributed by atoms with Crippen molar-refractivity contribution >= 4 is 5.97 Å². The van der Waals surface area contributed by atoms with Crippen molar-refractivity contribution in [3.63, 3.8) is 0 Å². The van der Waals surface area contributed by atoms with Crippen LogP contribution in [0.4, 0.5) is 0 Å². The minimum Gasteiger partial charge on any atom is -0.478 e. The SMILES string of the molecule is CN1CCN(C)C(CNCc2ccccc2C(=O)O)C1. The molecule has 0 spiro atoms. The second kappa shape index (κ2) is 6.83. The molecule has 1 aromatic carbocycles. The zero-order chi connectivity index (χ0) is 14.5. The molecule has 0 saturated carbocycles. The van der Waals surface area contributed by atoms with Gasteiger partial charge in [-0.1, -0.05) is 18.2 Å². The van der Waals surface area contributed by atoms with Gasteiger partial charge in [-0.05, 0) is 25.7 Å². The number of piperazine rings is 1. The van der Waals surface area contributed by atoms with Crippen LogP contribution in [0.1, 0.15) is 15.9 Å². The molecular weight excluding hydrogens is 254 g/mol. The minimum absolute atomic E-state index is 0.383. The summed E-state index contributed by atoms with van der Waals surface area (Å²) in [6.45, 7) is 4.69. The Bertz CT molecular complexity index is 464. The number of nitrogens with zero attached hydrogens (tertiary/aromatic N) is 2. The van der Waals surface area contributed by atoms with E-state index in [0.29, 0.717) is 18.2 Å². The van der Waals surface area contributed by atoms with E-state index < -0.39 is 5.97 Å². The molecule has 5 heteroatoms. The van der Waals surface area contributed by atoms with Gasteiger partial charge in [-0.3, -0.25) is 4.90 Å². The van der Waals surface area contributed by atoms with E-state index in [2.05, 4.69) is 29.2 Å². The van der Waals surface area contributed by atoms with Gasteiger partial charge in [0.15, 0.2) is 0 Å². The first-order chi connectivity index (χ1) is 9.58. The molecule has 1 saturated heterocycles. The van der Waals surface area contributed by atoms with Gasteiger partial charge in [-0.15, -0.1) is 0 Å². The van der Waals surface area contributed by atoms with Crippen LogP contribution < -0.4 is 5.32 Å². The van der Waals surface area contributed by atoms with E-state index in [1.807, 2.05) is 12.1 Å². The third-order valence-corrected chi connectivity index (χ3v) is 3.92. The molecule has 0 amide bonds. The zero-order valence-electron chi connectivity index (χ0n) is 12.2. The summed E-state index contributed by atoms with van der Waals surface area (Å²) in [5, 5.41) is 12.5. The second-order valence-corrected chi connectivity index (χ2v) is 5.49. The lowest BCUT2D eigenvalue weighted by atomic mass is 10.1. The molecular formula is C15H23N3O2. The molecule has 110 valence electrons. The number of nitrogens with one attached hydrogen (secondary N) is 1. The summed E-state index contributed by atoms with van der Waals surface area (Å²) >= 11 is 0. The molecule has 0 aromatic heterocycles. The van der Waals surface area contributed by atoms with E-state index in [1.165, 1.54) is 0 Å². The van der Waals surface area contributed by atoms with Crippen LogP contribution in [-0.2, 0) is 6.54 Å². The first-order valence-electron chi connectivity index (χ1n) is 6.98. The average Bonchev–Trinajstić information content (AvgIpc) is 2.43. The van der Waals surface area contributed by atoms with E-state index in [0.717, 1.165) is 31.7 Å². The van der Waals surface area contributed by atoms with Gasteiger partial charge in [0.25, 0.3) is 0 Å². The fourth-order valence-electron chi connectivity index (χ4n) is 2.58. The Morgan fingerprint density at radius 3 is 2.85 bits per heavy atom. The molecule has 1 fully saturated rings. The summed E-state index contributed by atoms with van der Waals surface area (Å²) in [4.78, 5) is 15.8. The van der Waals surface area contributed by atoms with Gasteiger partial charge < -0.3 is 15.3 Å². The van der Waals surface area contributed by atoms with Gasteiger partial charge in [0, 0.05) is 38.8 Å². The van der Waals surface area contributed by atoms with Crippen molar-refractivity contribution in [3.05, 3.63) is 35.4 Å². The summed E-state index contributed by atoms with van der Waals surface area (Å²) in [7, 11) is 4.28. The number of carbonyl (C=O) groups is 1. The number of likely N-dealkylation sites (N-methyl/N-ethyl adjacent to an activating group) is 2. The largest absolute Gasteiger partial charge is 0.478 e. The lowest BCUT2D eigenvalue weighted by Gasteiger charge is -2.37. The molecule has 1 aromatic rings. The maximum atomic E-state index is 11.1. The molecule has 1 aliphatic heterocycles. The lowest BCUT2D eigenvalue weighted by molar-refractivity contribution is 0.0695. The number of carboxylic acids is 1. The number of hydrogen-bond donors (Lipinski definition) is 2. The van der Waals surface area contributed by atoms with Crippen molar-refractivity contribution in [1.29, 1.82) is 0 Å². The smallest absolute Gasteiger partial charge is 0.336 e. The van der Waals surface area contributed by atoms with Crippen molar-refractivity contribution in [3.8, 4) is 0 Å². The molecule has 1 atom stereocenters. The van der Waals surface area contributed by atoms with Crippen LogP contribution in [0.15, 0.2) is 24.3 Å². The zero-order valence-corrected chi connectivity index (χ0v) is 12.2. The van der Waals surface area contributed by atoms with Gasteiger partial charge in [-0.25, -0.2) is 4.79 Å². The summed E-state index contributed by atoms with van der Waals surface area (Å²) in [5.41, 5.74) is 1.22. The van der Waals surface area contributed by atoms with Crippen LogP contribution in [0.3, 0.4) is 0 Å². The molecule has 5 nitrogen and oxygen atoms in total. The predicted molar refractivity (Wildman–Crippen MR) is 79.0 cm³/mol. The number of rotatable bonds is 5. The Morgan fingerprint density at radius 1 is 1.35 bits per heavy atom. The Labute approximate surface area is 120 Å².